The highest BCUT2D eigenvalue weighted by Gasteiger charge is 2.19. The van der Waals surface area contributed by atoms with Crippen LogP contribution in [0.15, 0.2) is 16.9 Å². The number of aromatic nitrogens is 1. The number of nitrogens with two attached hydrogens (primary N) is 1. The molecule has 0 aromatic carbocycles. The summed E-state index contributed by atoms with van der Waals surface area (Å²) in [7, 11) is 0. The van der Waals surface area contributed by atoms with E-state index < -0.39 is 0 Å². The topological polar surface area (TPSA) is 120 Å². The lowest BCUT2D eigenvalue weighted by molar-refractivity contribution is 0.156. The lowest BCUT2D eigenvalue weighted by Gasteiger charge is -2.22. The van der Waals surface area contributed by atoms with Crippen LogP contribution in [-0.4, -0.2) is 33.7 Å². The van der Waals surface area contributed by atoms with Gasteiger partial charge in [-0.2, -0.15) is 4.73 Å². The number of aliphatic hydroxyl groups excluding tert-OH is 1. The van der Waals surface area contributed by atoms with Crippen molar-refractivity contribution in [3.05, 3.63) is 33.7 Å². The molecule has 0 radical (unpaired) electrons. The molecule has 2 rings (SSSR count). The highest BCUT2D eigenvalue weighted by Crippen LogP contribution is 2.31. The number of pyridine rings is 1. The summed E-state index contributed by atoms with van der Waals surface area (Å²) in [5.74, 6) is 0.358. The van der Waals surface area contributed by atoms with Crippen molar-refractivity contribution in [2.24, 2.45) is 5.73 Å². The molecule has 0 atom stereocenters. The number of aryl methyl sites for hydroxylation is 1. The molecule has 6 heteroatoms. The van der Waals surface area contributed by atoms with Gasteiger partial charge in [0.05, 0.1) is 12.3 Å². The average Bonchev–Trinajstić information content (AvgIpc) is 2.44. The minimum absolute atomic E-state index is 0. The SMILES string of the molecule is Cc1cc(C2CCCCC2)n(O)c(=O)c1.NCCO.O. The van der Waals surface area contributed by atoms with E-state index in [9.17, 15) is 10.0 Å². The summed E-state index contributed by atoms with van der Waals surface area (Å²) in [4.78, 5) is 11.4. The molecule has 1 aromatic rings. The monoisotopic (exact) mass is 286 g/mol. The van der Waals surface area contributed by atoms with Gasteiger partial charge in [-0.05, 0) is 31.4 Å². The number of rotatable bonds is 2. The van der Waals surface area contributed by atoms with Gasteiger partial charge in [0.15, 0.2) is 0 Å². The third-order valence-corrected chi connectivity index (χ3v) is 3.33. The molecule has 0 aliphatic heterocycles. The summed E-state index contributed by atoms with van der Waals surface area (Å²) in [6, 6.07) is 3.39. The van der Waals surface area contributed by atoms with Crippen LogP contribution in [0.1, 0.15) is 49.3 Å². The Morgan fingerprint density at radius 3 is 2.35 bits per heavy atom. The molecule has 0 spiro atoms. The Morgan fingerprint density at radius 2 is 1.85 bits per heavy atom. The normalized spacial score (nSPS) is 14.9. The largest absolute Gasteiger partial charge is 0.425 e. The van der Waals surface area contributed by atoms with Crippen molar-refractivity contribution in [1.82, 2.24) is 4.73 Å². The van der Waals surface area contributed by atoms with Crippen molar-refractivity contribution in [1.29, 1.82) is 0 Å². The van der Waals surface area contributed by atoms with Crippen LogP contribution >= 0.6 is 0 Å². The summed E-state index contributed by atoms with van der Waals surface area (Å²) in [6.45, 7) is 2.37. The van der Waals surface area contributed by atoms with Crippen LogP contribution in [0.5, 0.6) is 0 Å². The molecule has 1 aliphatic rings. The van der Waals surface area contributed by atoms with E-state index in [0.29, 0.717) is 12.5 Å². The molecule has 1 fully saturated rings. The number of hydrogen-bond acceptors (Lipinski definition) is 4. The molecule has 0 saturated heterocycles. The number of hydrogen-bond donors (Lipinski definition) is 3. The highest BCUT2D eigenvalue weighted by molar-refractivity contribution is 5.19. The molecule has 1 saturated carbocycles. The third-order valence-electron chi connectivity index (χ3n) is 3.33. The van der Waals surface area contributed by atoms with Crippen LogP contribution < -0.4 is 11.3 Å². The molecule has 1 aromatic heterocycles. The van der Waals surface area contributed by atoms with Gasteiger partial charge < -0.3 is 21.5 Å². The molecular weight excluding hydrogens is 260 g/mol. The van der Waals surface area contributed by atoms with Gasteiger partial charge in [0.2, 0.25) is 0 Å². The molecule has 6 N–H and O–H groups in total. The van der Waals surface area contributed by atoms with Gasteiger partial charge in [-0.25, -0.2) is 0 Å². The molecule has 116 valence electrons. The van der Waals surface area contributed by atoms with E-state index >= 15 is 0 Å². The zero-order valence-corrected chi connectivity index (χ0v) is 12.0. The van der Waals surface area contributed by atoms with Crippen molar-refractivity contribution < 1.29 is 15.8 Å². The average molecular weight is 286 g/mol. The summed E-state index contributed by atoms with van der Waals surface area (Å²) >= 11 is 0. The first-order valence-electron chi connectivity index (χ1n) is 6.84. The van der Waals surface area contributed by atoms with Crippen LogP contribution in [0, 0.1) is 6.92 Å². The second-order valence-corrected chi connectivity index (χ2v) is 4.95. The van der Waals surface area contributed by atoms with Crippen LogP contribution in [0.4, 0.5) is 0 Å². The molecule has 20 heavy (non-hydrogen) atoms. The van der Waals surface area contributed by atoms with Crippen LogP contribution in [0.25, 0.3) is 0 Å². The summed E-state index contributed by atoms with van der Waals surface area (Å²) in [5, 5.41) is 17.4. The van der Waals surface area contributed by atoms with E-state index in [4.69, 9.17) is 10.8 Å². The molecule has 0 unspecified atom stereocenters. The van der Waals surface area contributed by atoms with Crippen molar-refractivity contribution >= 4 is 0 Å². The first-order chi connectivity index (χ1) is 9.10. The Kier molecular flexibility index (Phi) is 8.87. The van der Waals surface area contributed by atoms with E-state index in [1.807, 2.05) is 13.0 Å². The summed E-state index contributed by atoms with van der Waals surface area (Å²) in [5.41, 5.74) is 6.20. The van der Waals surface area contributed by atoms with Gasteiger partial charge >= 0.3 is 0 Å². The predicted octanol–water partition coefficient (Wildman–Crippen LogP) is 0.554. The van der Waals surface area contributed by atoms with Crippen LogP contribution in [-0.2, 0) is 0 Å². The van der Waals surface area contributed by atoms with Gasteiger partial charge in [0.1, 0.15) is 0 Å². The standard InChI is InChI=1S/C12H17NO2.C2H7NO.H2O/c1-9-7-11(13(15)12(14)8-9)10-5-3-2-4-6-10;3-1-2-4;/h7-8,10,15H,2-6H2,1H3;4H,1-3H2;1H2. The van der Waals surface area contributed by atoms with Crippen molar-refractivity contribution in [2.75, 3.05) is 13.2 Å². The molecule has 1 heterocycles. The van der Waals surface area contributed by atoms with Crippen molar-refractivity contribution in [3.63, 3.8) is 0 Å². The fourth-order valence-electron chi connectivity index (χ4n) is 2.41. The van der Waals surface area contributed by atoms with Gasteiger partial charge in [-0.3, -0.25) is 4.79 Å². The van der Waals surface area contributed by atoms with Crippen molar-refractivity contribution in [3.8, 4) is 0 Å². The number of nitrogens with zero attached hydrogens (tertiary/aromatic N) is 1. The predicted molar refractivity (Wildman–Crippen MR) is 78.2 cm³/mol. The summed E-state index contributed by atoms with van der Waals surface area (Å²) in [6.07, 6.45) is 5.85. The Balaban J connectivity index is 0.000000644. The fraction of sp³-hybridized carbons (Fsp3) is 0.643. The smallest absolute Gasteiger partial charge is 0.283 e. The van der Waals surface area contributed by atoms with Crippen LogP contribution in [0.2, 0.25) is 0 Å². The van der Waals surface area contributed by atoms with Gasteiger partial charge in [0.25, 0.3) is 5.56 Å². The first kappa shape index (κ1) is 18.6. The van der Waals surface area contributed by atoms with Gasteiger partial charge in [-0.1, -0.05) is 19.3 Å². The second-order valence-electron chi connectivity index (χ2n) is 4.95. The first-order valence-corrected chi connectivity index (χ1v) is 6.84. The molecule has 1 aliphatic carbocycles. The second kappa shape index (κ2) is 9.52. The van der Waals surface area contributed by atoms with Gasteiger partial charge in [0, 0.05) is 18.5 Å². The molecule has 0 bridgehead atoms. The molecule has 0 amide bonds. The highest BCUT2D eigenvalue weighted by atomic mass is 16.5. The Morgan fingerprint density at radius 1 is 1.30 bits per heavy atom. The van der Waals surface area contributed by atoms with E-state index in [1.165, 1.54) is 25.3 Å². The quantitative estimate of drug-likeness (QED) is 0.688. The van der Waals surface area contributed by atoms with Gasteiger partial charge in [-0.15, -0.1) is 0 Å². The van der Waals surface area contributed by atoms with E-state index in [0.717, 1.165) is 28.8 Å². The maximum Gasteiger partial charge on any atom is 0.283 e. The number of aliphatic hydroxyl groups is 1. The van der Waals surface area contributed by atoms with E-state index in [1.54, 1.807) is 0 Å². The Bertz CT molecular complexity index is 437. The van der Waals surface area contributed by atoms with Crippen LogP contribution in [0.3, 0.4) is 0 Å². The van der Waals surface area contributed by atoms with E-state index in [-0.39, 0.29) is 17.6 Å². The van der Waals surface area contributed by atoms with E-state index in [2.05, 4.69) is 0 Å². The Labute approximate surface area is 119 Å². The maximum absolute atomic E-state index is 11.4. The minimum Gasteiger partial charge on any atom is -0.425 e. The Hall–Kier alpha value is -1.37. The zero-order chi connectivity index (χ0) is 14.3. The molecule has 6 nitrogen and oxygen atoms in total. The zero-order valence-electron chi connectivity index (χ0n) is 12.0. The molecular formula is C14H26N2O4. The minimum atomic E-state index is -0.310. The lowest BCUT2D eigenvalue weighted by Crippen LogP contribution is -2.23. The fourth-order valence-corrected chi connectivity index (χ4v) is 2.41. The lowest BCUT2D eigenvalue weighted by atomic mass is 9.86. The maximum atomic E-state index is 11.4. The van der Waals surface area contributed by atoms with Crippen molar-refractivity contribution in [2.45, 2.75) is 44.9 Å². The summed E-state index contributed by atoms with van der Waals surface area (Å²) < 4.78 is 0.822. The third kappa shape index (κ3) is 5.32.